The van der Waals surface area contributed by atoms with Crippen LogP contribution in [-0.2, 0) is 9.47 Å². The highest BCUT2D eigenvalue weighted by molar-refractivity contribution is 4.66. The van der Waals surface area contributed by atoms with Crippen molar-refractivity contribution in [2.75, 3.05) is 20.0 Å². The van der Waals surface area contributed by atoms with Crippen molar-refractivity contribution in [1.29, 1.82) is 0 Å². The third kappa shape index (κ3) is 6.99. The van der Waals surface area contributed by atoms with Crippen LogP contribution in [-0.4, -0.2) is 31.2 Å². The molecule has 1 heterocycles. The van der Waals surface area contributed by atoms with E-state index in [0.717, 1.165) is 6.61 Å². The SMILES string of the molecule is C1CCCCC1.OCOCC1CO1. The number of hydrogen-bond acceptors (Lipinski definition) is 3. The van der Waals surface area contributed by atoms with Gasteiger partial charge >= 0.3 is 0 Å². The van der Waals surface area contributed by atoms with Gasteiger partial charge in [0.2, 0.25) is 0 Å². The third-order valence-electron chi connectivity index (χ3n) is 2.30. The van der Waals surface area contributed by atoms with E-state index in [1.807, 2.05) is 0 Å². The maximum Gasteiger partial charge on any atom is 0.143 e. The second-order valence-corrected chi connectivity index (χ2v) is 3.58. The van der Waals surface area contributed by atoms with Gasteiger partial charge in [0.1, 0.15) is 12.9 Å². The molecular weight excluding hydrogens is 168 g/mol. The lowest BCUT2D eigenvalue weighted by Gasteiger charge is -2.05. The first-order valence-electron chi connectivity index (χ1n) is 5.23. The van der Waals surface area contributed by atoms with Gasteiger partial charge in [-0.25, -0.2) is 0 Å². The summed E-state index contributed by atoms with van der Waals surface area (Å²) in [6.45, 7) is 1.14. The number of aliphatic hydroxyl groups is 1. The van der Waals surface area contributed by atoms with Gasteiger partial charge in [0.15, 0.2) is 0 Å². The lowest BCUT2D eigenvalue weighted by Crippen LogP contribution is -2.00. The second-order valence-electron chi connectivity index (χ2n) is 3.58. The first kappa shape index (κ1) is 11.0. The normalized spacial score (nSPS) is 26.1. The molecule has 2 rings (SSSR count). The molecule has 1 N–H and O–H groups in total. The Morgan fingerprint density at radius 1 is 1.08 bits per heavy atom. The van der Waals surface area contributed by atoms with Crippen molar-refractivity contribution in [1.82, 2.24) is 0 Å². The van der Waals surface area contributed by atoms with Crippen molar-refractivity contribution in [3.63, 3.8) is 0 Å². The van der Waals surface area contributed by atoms with Crippen molar-refractivity contribution < 1.29 is 14.6 Å². The summed E-state index contributed by atoms with van der Waals surface area (Å²) in [6.07, 6.45) is 9.27. The van der Waals surface area contributed by atoms with E-state index in [0.29, 0.717) is 6.61 Å². The van der Waals surface area contributed by atoms with Crippen molar-refractivity contribution in [2.45, 2.75) is 44.6 Å². The van der Waals surface area contributed by atoms with Gasteiger partial charge in [-0.2, -0.15) is 0 Å². The molecule has 1 unspecified atom stereocenters. The Labute approximate surface area is 80.0 Å². The Morgan fingerprint density at radius 3 is 1.85 bits per heavy atom. The minimum Gasteiger partial charge on any atom is -0.371 e. The number of epoxide rings is 1. The van der Waals surface area contributed by atoms with Crippen LogP contribution in [0.25, 0.3) is 0 Å². The molecule has 3 nitrogen and oxygen atoms in total. The Kier molecular flexibility index (Phi) is 6.15. The van der Waals surface area contributed by atoms with Crippen LogP contribution in [0.15, 0.2) is 0 Å². The molecule has 0 aromatic rings. The van der Waals surface area contributed by atoms with Gasteiger partial charge in [-0.15, -0.1) is 0 Å². The fraction of sp³-hybridized carbons (Fsp3) is 1.00. The smallest absolute Gasteiger partial charge is 0.143 e. The molecule has 0 aromatic heterocycles. The zero-order chi connectivity index (χ0) is 9.36. The molecule has 13 heavy (non-hydrogen) atoms. The van der Waals surface area contributed by atoms with Crippen molar-refractivity contribution in [3.05, 3.63) is 0 Å². The van der Waals surface area contributed by atoms with Crippen LogP contribution in [0.5, 0.6) is 0 Å². The summed E-state index contributed by atoms with van der Waals surface area (Å²) in [4.78, 5) is 0. The fourth-order valence-electron chi connectivity index (χ4n) is 1.41. The van der Waals surface area contributed by atoms with E-state index >= 15 is 0 Å². The lowest BCUT2D eigenvalue weighted by molar-refractivity contribution is -0.00757. The van der Waals surface area contributed by atoms with Crippen LogP contribution in [0.1, 0.15) is 38.5 Å². The number of hydrogen-bond donors (Lipinski definition) is 1. The van der Waals surface area contributed by atoms with Gasteiger partial charge in [-0.1, -0.05) is 38.5 Å². The van der Waals surface area contributed by atoms with E-state index in [1.54, 1.807) is 0 Å². The minimum absolute atomic E-state index is 0.195. The quantitative estimate of drug-likeness (QED) is 0.541. The molecule has 0 radical (unpaired) electrons. The number of aliphatic hydroxyl groups excluding tert-OH is 1. The number of rotatable bonds is 3. The largest absolute Gasteiger partial charge is 0.371 e. The average molecular weight is 188 g/mol. The molecule has 78 valence electrons. The summed E-state index contributed by atoms with van der Waals surface area (Å²) < 4.78 is 9.36. The molecule has 0 aromatic carbocycles. The summed E-state index contributed by atoms with van der Waals surface area (Å²) >= 11 is 0. The molecule has 1 atom stereocenters. The predicted octanol–water partition coefficient (Wildman–Crippen LogP) is 1.69. The van der Waals surface area contributed by atoms with Crippen LogP contribution in [0.2, 0.25) is 0 Å². The van der Waals surface area contributed by atoms with Crippen LogP contribution >= 0.6 is 0 Å². The Morgan fingerprint density at radius 2 is 1.54 bits per heavy atom. The van der Waals surface area contributed by atoms with Crippen molar-refractivity contribution in [3.8, 4) is 0 Å². The molecule has 3 heteroatoms. The van der Waals surface area contributed by atoms with E-state index < -0.39 is 0 Å². The molecule has 2 fully saturated rings. The van der Waals surface area contributed by atoms with E-state index in [9.17, 15) is 0 Å². The fourth-order valence-corrected chi connectivity index (χ4v) is 1.41. The topological polar surface area (TPSA) is 42.0 Å². The van der Waals surface area contributed by atoms with Gasteiger partial charge < -0.3 is 14.6 Å². The second kappa shape index (κ2) is 7.30. The van der Waals surface area contributed by atoms with Gasteiger partial charge in [0.25, 0.3) is 0 Å². The Balaban J connectivity index is 0.000000132. The van der Waals surface area contributed by atoms with Crippen LogP contribution in [0, 0.1) is 0 Å². The van der Waals surface area contributed by atoms with Crippen LogP contribution < -0.4 is 0 Å². The standard InChI is InChI=1S/C6H12.C4H8O3/c1-2-4-6-5-3-1;5-3-6-1-4-2-7-4/h1-6H2;4-5H,1-3H2. The molecule has 1 saturated carbocycles. The summed E-state index contributed by atoms with van der Waals surface area (Å²) in [5.41, 5.74) is 0. The summed E-state index contributed by atoms with van der Waals surface area (Å²) in [7, 11) is 0. The third-order valence-corrected chi connectivity index (χ3v) is 2.30. The maximum absolute atomic E-state index is 8.07. The monoisotopic (exact) mass is 188 g/mol. The molecule has 0 spiro atoms. The molecule has 0 amide bonds. The summed E-state index contributed by atoms with van der Waals surface area (Å²) in [6, 6.07) is 0. The van der Waals surface area contributed by atoms with Gasteiger partial charge in [-0.05, 0) is 0 Å². The van der Waals surface area contributed by atoms with Crippen molar-refractivity contribution >= 4 is 0 Å². The van der Waals surface area contributed by atoms with E-state index in [-0.39, 0.29) is 12.9 Å². The summed E-state index contributed by atoms with van der Waals surface area (Å²) in [5, 5.41) is 8.07. The van der Waals surface area contributed by atoms with Gasteiger partial charge in [0, 0.05) is 0 Å². The highest BCUT2D eigenvalue weighted by Crippen LogP contribution is 2.15. The average Bonchev–Trinajstić information content (AvgIpc) is 3.02. The maximum atomic E-state index is 8.07. The van der Waals surface area contributed by atoms with Crippen LogP contribution in [0.4, 0.5) is 0 Å². The summed E-state index contributed by atoms with van der Waals surface area (Å²) in [5.74, 6) is 0. The molecule has 1 aliphatic carbocycles. The number of ether oxygens (including phenoxy) is 2. The van der Waals surface area contributed by atoms with Crippen LogP contribution in [0.3, 0.4) is 0 Å². The molecule has 1 aliphatic heterocycles. The molecule has 1 saturated heterocycles. The van der Waals surface area contributed by atoms with E-state index in [4.69, 9.17) is 9.84 Å². The zero-order valence-corrected chi connectivity index (χ0v) is 8.21. The highest BCUT2D eigenvalue weighted by Gasteiger charge is 2.21. The predicted molar refractivity (Wildman–Crippen MR) is 50.5 cm³/mol. The Hall–Kier alpha value is -0.120. The first-order chi connectivity index (χ1) is 6.43. The van der Waals surface area contributed by atoms with Gasteiger partial charge in [0.05, 0.1) is 13.2 Å². The minimum atomic E-state index is -0.195. The molecular formula is C10H20O3. The van der Waals surface area contributed by atoms with E-state index in [2.05, 4.69) is 4.74 Å². The van der Waals surface area contributed by atoms with Gasteiger partial charge in [-0.3, -0.25) is 0 Å². The van der Waals surface area contributed by atoms with E-state index in [1.165, 1.54) is 38.5 Å². The molecule has 2 aliphatic rings. The highest BCUT2D eigenvalue weighted by atomic mass is 16.6. The zero-order valence-electron chi connectivity index (χ0n) is 8.21. The van der Waals surface area contributed by atoms with Crippen molar-refractivity contribution in [2.24, 2.45) is 0 Å². The molecule has 0 bridgehead atoms. The first-order valence-corrected chi connectivity index (χ1v) is 5.23. The lowest BCUT2D eigenvalue weighted by atomic mass is 10.0. The Bertz CT molecular complexity index is 97.2.